The second-order valence-electron chi connectivity index (χ2n) is 6.18. The van der Waals surface area contributed by atoms with Crippen molar-refractivity contribution in [2.24, 2.45) is 5.92 Å². The predicted octanol–water partition coefficient (Wildman–Crippen LogP) is 2.01. The van der Waals surface area contributed by atoms with Gasteiger partial charge in [-0.3, -0.25) is 14.4 Å². The molecule has 1 rings (SSSR count). The highest BCUT2D eigenvalue weighted by Crippen LogP contribution is 2.10. The summed E-state index contributed by atoms with van der Waals surface area (Å²) in [5.74, 6) is -1.44. The van der Waals surface area contributed by atoms with E-state index in [1.165, 1.54) is 4.90 Å². The fraction of sp³-hybridized carbons (Fsp3) is 0.471. The van der Waals surface area contributed by atoms with E-state index in [1.807, 2.05) is 27.7 Å². The number of hydrogen-bond acceptors (Lipinski definition) is 3. The van der Waals surface area contributed by atoms with E-state index in [2.05, 4.69) is 5.32 Å². The molecule has 6 nitrogen and oxygen atoms in total. The van der Waals surface area contributed by atoms with E-state index < -0.39 is 5.97 Å². The summed E-state index contributed by atoms with van der Waals surface area (Å²) in [5.41, 5.74) is 0.830. The third-order valence-electron chi connectivity index (χ3n) is 3.01. The van der Waals surface area contributed by atoms with Crippen molar-refractivity contribution >= 4 is 17.8 Å². The van der Waals surface area contributed by atoms with E-state index in [-0.39, 0.29) is 30.3 Å². The highest BCUT2D eigenvalue weighted by Gasteiger charge is 2.20. The molecule has 0 aliphatic rings. The Bertz CT molecular complexity index is 564. The van der Waals surface area contributed by atoms with Crippen LogP contribution in [0.1, 0.15) is 48.4 Å². The number of carbonyl (C=O) groups is 3. The first-order chi connectivity index (χ1) is 10.7. The molecule has 0 radical (unpaired) electrons. The number of carboxylic acid groups (broad SMARTS) is 1. The maximum Gasteiger partial charge on any atom is 0.323 e. The van der Waals surface area contributed by atoms with Gasteiger partial charge in [-0.1, -0.05) is 13.8 Å². The third kappa shape index (κ3) is 6.10. The number of carbonyl (C=O) groups excluding carboxylic acids is 2. The number of nitrogens with zero attached hydrogens (tertiary/aromatic N) is 1. The van der Waals surface area contributed by atoms with Gasteiger partial charge in [0.15, 0.2) is 0 Å². The van der Waals surface area contributed by atoms with Gasteiger partial charge >= 0.3 is 5.97 Å². The number of benzene rings is 1. The molecule has 23 heavy (non-hydrogen) atoms. The number of nitrogens with one attached hydrogen (secondary N) is 1. The Balaban J connectivity index is 2.89. The lowest BCUT2D eigenvalue weighted by Crippen LogP contribution is -2.38. The quantitative estimate of drug-likeness (QED) is 0.804. The molecule has 1 aromatic carbocycles. The Morgan fingerprint density at radius 1 is 1.04 bits per heavy atom. The van der Waals surface area contributed by atoms with Crippen molar-refractivity contribution in [3.05, 3.63) is 35.4 Å². The van der Waals surface area contributed by atoms with Crippen LogP contribution in [0.5, 0.6) is 0 Å². The lowest BCUT2D eigenvalue weighted by atomic mass is 10.1. The van der Waals surface area contributed by atoms with Crippen LogP contribution in [0.25, 0.3) is 0 Å². The normalized spacial score (nSPS) is 10.7. The summed E-state index contributed by atoms with van der Waals surface area (Å²) in [4.78, 5) is 36.5. The fourth-order valence-electron chi connectivity index (χ4n) is 2.12. The number of rotatable bonds is 7. The number of aliphatic carboxylic acids is 1. The van der Waals surface area contributed by atoms with Gasteiger partial charge in [0.2, 0.25) is 0 Å². The van der Waals surface area contributed by atoms with Crippen molar-refractivity contribution in [2.75, 3.05) is 13.1 Å². The van der Waals surface area contributed by atoms with E-state index in [0.717, 1.165) is 0 Å². The summed E-state index contributed by atoms with van der Waals surface area (Å²) in [6, 6.07) is 6.26. The smallest absolute Gasteiger partial charge is 0.323 e. The summed E-state index contributed by atoms with van der Waals surface area (Å²) >= 11 is 0. The molecule has 126 valence electrons. The highest BCUT2D eigenvalue weighted by atomic mass is 16.4. The van der Waals surface area contributed by atoms with Crippen LogP contribution in [0, 0.1) is 5.92 Å². The first-order valence-electron chi connectivity index (χ1n) is 7.62. The van der Waals surface area contributed by atoms with Gasteiger partial charge in [0.1, 0.15) is 6.54 Å². The molecule has 2 amide bonds. The SMILES string of the molecule is CC(C)CN(CC(=O)O)C(=O)c1ccc(C(=O)NC(C)C)cc1. The lowest BCUT2D eigenvalue weighted by molar-refractivity contribution is -0.137. The lowest BCUT2D eigenvalue weighted by Gasteiger charge is -2.22. The second kappa shape index (κ2) is 8.31. The van der Waals surface area contributed by atoms with Crippen LogP contribution < -0.4 is 5.32 Å². The molecule has 0 unspecified atom stereocenters. The van der Waals surface area contributed by atoms with Crippen molar-refractivity contribution in [3.8, 4) is 0 Å². The average Bonchev–Trinajstić information content (AvgIpc) is 2.44. The fourth-order valence-corrected chi connectivity index (χ4v) is 2.12. The minimum atomic E-state index is -1.05. The van der Waals surface area contributed by atoms with E-state index in [9.17, 15) is 14.4 Å². The molecule has 0 atom stereocenters. The summed E-state index contributed by atoms with van der Waals surface area (Å²) in [7, 11) is 0. The Morgan fingerprint density at radius 3 is 2.00 bits per heavy atom. The predicted molar refractivity (Wildman–Crippen MR) is 87.4 cm³/mol. The molecular weight excluding hydrogens is 296 g/mol. The molecule has 0 heterocycles. The molecule has 0 spiro atoms. The maximum atomic E-state index is 12.4. The maximum absolute atomic E-state index is 12.4. The van der Waals surface area contributed by atoms with Crippen LogP contribution >= 0.6 is 0 Å². The monoisotopic (exact) mass is 320 g/mol. The van der Waals surface area contributed by atoms with Crippen molar-refractivity contribution in [1.29, 1.82) is 0 Å². The first-order valence-corrected chi connectivity index (χ1v) is 7.62. The van der Waals surface area contributed by atoms with Crippen molar-refractivity contribution in [2.45, 2.75) is 33.7 Å². The molecule has 6 heteroatoms. The zero-order valence-electron chi connectivity index (χ0n) is 14.0. The molecule has 1 aromatic rings. The van der Waals surface area contributed by atoms with Gasteiger partial charge < -0.3 is 15.3 Å². The molecule has 0 aromatic heterocycles. The first kappa shape index (κ1) is 18.7. The third-order valence-corrected chi connectivity index (χ3v) is 3.01. The molecule has 2 N–H and O–H groups in total. The van der Waals surface area contributed by atoms with Crippen LogP contribution in [0.3, 0.4) is 0 Å². The minimum Gasteiger partial charge on any atom is -0.480 e. The van der Waals surface area contributed by atoms with E-state index in [4.69, 9.17) is 5.11 Å². The summed E-state index contributed by atoms with van der Waals surface area (Å²) in [6.07, 6.45) is 0. The van der Waals surface area contributed by atoms with Crippen LogP contribution in [-0.2, 0) is 4.79 Å². The van der Waals surface area contributed by atoms with Crippen LogP contribution in [0.2, 0.25) is 0 Å². The highest BCUT2D eigenvalue weighted by molar-refractivity contribution is 5.98. The summed E-state index contributed by atoms with van der Waals surface area (Å²) in [5, 5.41) is 11.7. The topological polar surface area (TPSA) is 86.7 Å². The Kier molecular flexibility index (Phi) is 6.75. The van der Waals surface area contributed by atoms with Gasteiger partial charge in [-0.05, 0) is 44.0 Å². The van der Waals surface area contributed by atoms with Gasteiger partial charge in [0.25, 0.3) is 11.8 Å². The zero-order valence-corrected chi connectivity index (χ0v) is 14.0. The molecule has 0 aliphatic carbocycles. The average molecular weight is 320 g/mol. The van der Waals surface area contributed by atoms with Gasteiger partial charge in [-0.15, -0.1) is 0 Å². The summed E-state index contributed by atoms with van der Waals surface area (Å²) < 4.78 is 0. The molecule has 0 bridgehead atoms. The van der Waals surface area contributed by atoms with Crippen molar-refractivity contribution in [3.63, 3.8) is 0 Å². The molecular formula is C17H24N2O4. The van der Waals surface area contributed by atoms with Crippen molar-refractivity contribution < 1.29 is 19.5 Å². The van der Waals surface area contributed by atoms with Crippen LogP contribution in [0.15, 0.2) is 24.3 Å². The molecule has 0 saturated heterocycles. The van der Waals surface area contributed by atoms with Crippen LogP contribution in [-0.4, -0.2) is 46.9 Å². The Morgan fingerprint density at radius 2 is 1.57 bits per heavy atom. The molecule has 0 saturated carbocycles. The largest absolute Gasteiger partial charge is 0.480 e. The van der Waals surface area contributed by atoms with E-state index in [0.29, 0.717) is 17.7 Å². The Hall–Kier alpha value is -2.37. The molecule has 0 aliphatic heterocycles. The number of carboxylic acids is 1. The minimum absolute atomic E-state index is 0.0286. The zero-order chi connectivity index (χ0) is 17.6. The molecule has 0 fully saturated rings. The standard InChI is InChI=1S/C17H24N2O4/c1-11(2)9-19(10-15(20)21)17(23)14-7-5-13(6-8-14)16(22)18-12(3)4/h5-8,11-12H,9-10H2,1-4H3,(H,18,22)(H,20,21). The van der Waals surface area contributed by atoms with Gasteiger partial charge in [-0.2, -0.15) is 0 Å². The number of hydrogen-bond donors (Lipinski definition) is 2. The summed E-state index contributed by atoms with van der Waals surface area (Å²) in [6.45, 7) is 7.59. The Labute approximate surface area is 136 Å². The van der Waals surface area contributed by atoms with Gasteiger partial charge in [0, 0.05) is 23.7 Å². The van der Waals surface area contributed by atoms with E-state index in [1.54, 1.807) is 24.3 Å². The van der Waals surface area contributed by atoms with Gasteiger partial charge in [0.05, 0.1) is 0 Å². The van der Waals surface area contributed by atoms with Crippen molar-refractivity contribution in [1.82, 2.24) is 10.2 Å². The van der Waals surface area contributed by atoms with E-state index >= 15 is 0 Å². The van der Waals surface area contributed by atoms with Gasteiger partial charge in [-0.25, -0.2) is 0 Å². The second-order valence-corrected chi connectivity index (χ2v) is 6.18. The number of amides is 2. The van der Waals surface area contributed by atoms with Crippen LogP contribution in [0.4, 0.5) is 0 Å².